The van der Waals surface area contributed by atoms with Gasteiger partial charge in [-0.05, 0) is 54.9 Å². The van der Waals surface area contributed by atoms with Crippen molar-refractivity contribution in [2.24, 2.45) is 17.8 Å². The zero-order valence-electron chi connectivity index (χ0n) is 11.3. The van der Waals surface area contributed by atoms with Gasteiger partial charge in [0, 0.05) is 12.2 Å². The quantitative estimate of drug-likeness (QED) is 0.865. The van der Waals surface area contributed by atoms with Gasteiger partial charge in [0.25, 0.3) is 0 Å². The molecule has 2 bridgehead atoms. The van der Waals surface area contributed by atoms with Gasteiger partial charge in [-0.3, -0.25) is 0 Å². The Morgan fingerprint density at radius 3 is 2.70 bits per heavy atom. The number of fused-ring (bicyclic) bond motifs is 2. The first-order chi connectivity index (χ1) is 9.88. The number of anilines is 1. The minimum absolute atomic E-state index is 0.806. The molecule has 2 aliphatic rings. The van der Waals surface area contributed by atoms with Crippen molar-refractivity contribution in [3.8, 4) is 5.69 Å². The maximum Gasteiger partial charge on any atom is 0.138 e. The molecular weight excluding hydrogens is 248 g/mol. The number of rotatable bonds is 4. The predicted molar refractivity (Wildman–Crippen MR) is 78.7 cm³/mol. The molecule has 3 atom stereocenters. The van der Waals surface area contributed by atoms with E-state index in [1.807, 2.05) is 0 Å². The van der Waals surface area contributed by atoms with E-state index in [1.165, 1.54) is 18.5 Å². The van der Waals surface area contributed by atoms with E-state index in [9.17, 15) is 0 Å². The smallest absolute Gasteiger partial charge is 0.138 e. The van der Waals surface area contributed by atoms with Crippen molar-refractivity contribution in [2.45, 2.75) is 12.8 Å². The molecule has 1 heterocycles. The Bertz CT molecular complexity index is 600. The summed E-state index contributed by atoms with van der Waals surface area (Å²) in [6.45, 7) is 1.08. The Hall–Kier alpha value is -2.10. The fourth-order valence-electron chi connectivity index (χ4n) is 3.45. The summed E-state index contributed by atoms with van der Waals surface area (Å²) in [4.78, 5) is 3.96. The van der Waals surface area contributed by atoms with Crippen molar-refractivity contribution in [3.63, 3.8) is 0 Å². The highest BCUT2D eigenvalue weighted by Gasteiger charge is 2.35. The average molecular weight is 266 g/mol. The molecule has 4 heteroatoms. The van der Waals surface area contributed by atoms with Crippen LogP contribution in [0.1, 0.15) is 12.8 Å². The Balaban J connectivity index is 1.39. The Morgan fingerprint density at radius 1 is 1.15 bits per heavy atom. The van der Waals surface area contributed by atoms with Crippen LogP contribution in [0.25, 0.3) is 5.69 Å². The van der Waals surface area contributed by atoms with E-state index in [2.05, 4.69) is 51.8 Å². The maximum absolute atomic E-state index is 4.13. The lowest BCUT2D eigenvalue weighted by Crippen LogP contribution is -2.18. The summed E-state index contributed by atoms with van der Waals surface area (Å²) in [6.07, 6.45) is 10.8. The highest BCUT2D eigenvalue weighted by Crippen LogP contribution is 2.43. The lowest BCUT2D eigenvalue weighted by Gasteiger charge is -2.19. The Morgan fingerprint density at radius 2 is 2.05 bits per heavy atom. The molecule has 0 radical (unpaired) electrons. The van der Waals surface area contributed by atoms with Gasteiger partial charge in [0.05, 0.1) is 5.69 Å². The monoisotopic (exact) mass is 266 g/mol. The second-order valence-corrected chi connectivity index (χ2v) is 5.81. The highest BCUT2D eigenvalue weighted by molar-refractivity contribution is 5.48. The summed E-state index contributed by atoms with van der Waals surface area (Å²) in [5, 5.41) is 7.69. The lowest BCUT2D eigenvalue weighted by atomic mass is 9.93. The van der Waals surface area contributed by atoms with E-state index >= 15 is 0 Å². The zero-order valence-corrected chi connectivity index (χ0v) is 11.3. The van der Waals surface area contributed by atoms with Crippen molar-refractivity contribution in [2.75, 3.05) is 11.9 Å². The number of allylic oxidation sites excluding steroid dienone is 2. The molecule has 1 aromatic heterocycles. The van der Waals surface area contributed by atoms with Crippen molar-refractivity contribution in [1.82, 2.24) is 14.8 Å². The van der Waals surface area contributed by atoms with Gasteiger partial charge in [-0.15, -0.1) is 0 Å². The summed E-state index contributed by atoms with van der Waals surface area (Å²) >= 11 is 0. The normalized spacial score (nSPS) is 27.1. The van der Waals surface area contributed by atoms with Crippen LogP contribution in [-0.2, 0) is 0 Å². The fourth-order valence-corrected chi connectivity index (χ4v) is 3.45. The van der Waals surface area contributed by atoms with Crippen LogP contribution in [0, 0.1) is 17.8 Å². The molecule has 0 spiro atoms. The number of benzene rings is 1. The van der Waals surface area contributed by atoms with Gasteiger partial charge in [-0.2, -0.15) is 5.10 Å². The predicted octanol–water partition coefficient (Wildman–Crippen LogP) is 2.89. The molecule has 0 aliphatic heterocycles. The molecule has 102 valence electrons. The van der Waals surface area contributed by atoms with E-state index in [4.69, 9.17) is 0 Å². The van der Waals surface area contributed by atoms with E-state index < -0.39 is 0 Å². The molecular formula is C16H18N4. The first-order valence-corrected chi connectivity index (χ1v) is 7.26. The number of aromatic nitrogens is 3. The summed E-state index contributed by atoms with van der Waals surface area (Å²) in [6, 6.07) is 8.36. The van der Waals surface area contributed by atoms with Gasteiger partial charge >= 0.3 is 0 Å². The molecule has 0 saturated heterocycles. The van der Waals surface area contributed by atoms with Crippen LogP contribution in [-0.4, -0.2) is 21.3 Å². The Kier molecular flexibility index (Phi) is 2.80. The molecule has 1 N–H and O–H groups in total. The summed E-state index contributed by atoms with van der Waals surface area (Å²) < 4.78 is 1.77. The van der Waals surface area contributed by atoms with E-state index in [-0.39, 0.29) is 0 Å². The molecule has 2 aromatic rings. The lowest BCUT2D eigenvalue weighted by molar-refractivity contribution is 0.472. The molecule has 1 saturated carbocycles. The van der Waals surface area contributed by atoms with Crippen LogP contribution in [0.15, 0.2) is 49.1 Å². The number of hydrogen-bond acceptors (Lipinski definition) is 3. The van der Waals surface area contributed by atoms with Crippen molar-refractivity contribution < 1.29 is 0 Å². The van der Waals surface area contributed by atoms with Gasteiger partial charge in [-0.25, -0.2) is 9.67 Å². The zero-order chi connectivity index (χ0) is 13.4. The largest absolute Gasteiger partial charge is 0.385 e. The standard InChI is InChI=1S/C16H18N4/c1-2-13-7-12(1)8-14(13)9-18-15-3-5-16(6-4-15)20-11-17-10-19-20/h1-6,10-14,18H,7-9H2. The Labute approximate surface area is 118 Å². The highest BCUT2D eigenvalue weighted by atomic mass is 15.3. The average Bonchev–Trinajstić information content (AvgIpc) is 3.22. The van der Waals surface area contributed by atoms with Crippen LogP contribution < -0.4 is 5.32 Å². The maximum atomic E-state index is 4.13. The molecule has 20 heavy (non-hydrogen) atoms. The van der Waals surface area contributed by atoms with Crippen LogP contribution in [0.2, 0.25) is 0 Å². The number of nitrogens with zero attached hydrogens (tertiary/aromatic N) is 3. The van der Waals surface area contributed by atoms with Crippen molar-refractivity contribution in [1.29, 1.82) is 0 Å². The van der Waals surface area contributed by atoms with Crippen molar-refractivity contribution in [3.05, 3.63) is 49.1 Å². The SMILES string of the molecule is C1=CC2CC1CC2CNc1ccc(-n2cncn2)cc1. The van der Waals surface area contributed by atoms with E-state index in [0.717, 1.165) is 30.0 Å². The molecule has 2 aliphatic carbocycles. The molecule has 1 fully saturated rings. The summed E-state index contributed by atoms with van der Waals surface area (Å²) in [5.41, 5.74) is 2.22. The molecule has 3 unspecified atom stereocenters. The summed E-state index contributed by atoms with van der Waals surface area (Å²) in [5.74, 6) is 2.46. The number of nitrogens with one attached hydrogen (secondary N) is 1. The van der Waals surface area contributed by atoms with Crippen LogP contribution >= 0.6 is 0 Å². The molecule has 1 aromatic carbocycles. The first-order valence-electron chi connectivity index (χ1n) is 7.26. The van der Waals surface area contributed by atoms with Crippen molar-refractivity contribution >= 4 is 5.69 Å². The van der Waals surface area contributed by atoms with Gasteiger partial charge in [-0.1, -0.05) is 12.2 Å². The van der Waals surface area contributed by atoms with Gasteiger partial charge in [0.1, 0.15) is 12.7 Å². The van der Waals surface area contributed by atoms with Gasteiger partial charge in [0.15, 0.2) is 0 Å². The summed E-state index contributed by atoms with van der Waals surface area (Å²) in [7, 11) is 0. The fraction of sp³-hybridized carbons (Fsp3) is 0.375. The van der Waals surface area contributed by atoms with E-state index in [0.29, 0.717) is 0 Å². The number of hydrogen-bond donors (Lipinski definition) is 1. The molecule has 4 nitrogen and oxygen atoms in total. The third-order valence-electron chi connectivity index (χ3n) is 4.54. The molecule has 0 amide bonds. The van der Waals surface area contributed by atoms with Gasteiger partial charge < -0.3 is 5.32 Å². The third-order valence-corrected chi connectivity index (χ3v) is 4.54. The topological polar surface area (TPSA) is 42.7 Å². The second kappa shape index (κ2) is 4.78. The van der Waals surface area contributed by atoms with Crippen LogP contribution in [0.3, 0.4) is 0 Å². The minimum Gasteiger partial charge on any atom is -0.385 e. The van der Waals surface area contributed by atoms with Gasteiger partial charge in [0.2, 0.25) is 0 Å². The third kappa shape index (κ3) is 2.11. The molecule has 4 rings (SSSR count). The van der Waals surface area contributed by atoms with Crippen LogP contribution in [0.4, 0.5) is 5.69 Å². The second-order valence-electron chi connectivity index (χ2n) is 5.81. The first kappa shape index (κ1) is 11.7. The van der Waals surface area contributed by atoms with E-state index in [1.54, 1.807) is 17.3 Å². The van der Waals surface area contributed by atoms with Crippen LogP contribution in [0.5, 0.6) is 0 Å². The minimum atomic E-state index is 0.806.